The molecule has 1 aromatic heterocycles. The van der Waals surface area contributed by atoms with Crippen LogP contribution in [0.2, 0.25) is 0 Å². The third kappa shape index (κ3) is 2.06. The Balaban J connectivity index is 1.82. The largest absolute Gasteiger partial charge is 0.308 e. The van der Waals surface area contributed by atoms with E-state index in [4.69, 9.17) is 0 Å². The molecule has 0 unspecified atom stereocenters. The van der Waals surface area contributed by atoms with Gasteiger partial charge >= 0.3 is 0 Å². The third-order valence-corrected chi connectivity index (χ3v) is 4.27. The number of anilines is 1. The summed E-state index contributed by atoms with van der Waals surface area (Å²) in [6.45, 7) is 0.770. The molecule has 2 aromatic carbocycles. The Labute approximate surface area is 129 Å². The highest BCUT2D eigenvalue weighted by Gasteiger charge is 2.24. The van der Waals surface area contributed by atoms with Crippen LogP contribution in [0, 0.1) is 0 Å². The van der Waals surface area contributed by atoms with Gasteiger partial charge in [-0.05, 0) is 42.0 Å². The highest BCUT2D eigenvalue weighted by molar-refractivity contribution is 6.14. The van der Waals surface area contributed by atoms with Crippen molar-refractivity contribution in [2.45, 2.75) is 12.8 Å². The zero-order valence-electron chi connectivity index (χ0n) is 12.2. The molecule has 4 rings (SSSR count). The van der Waals surface area contributed by atoms with Crippen molar-refractivity contribution in [3.8, 4) is 0 Å². The molecular weight excluding hydrogens is 272 g/mol. The number of aromatic nitrogens is 1. The molecule has 1 aliphatic rings. The summed E-state index contributed by atoms with van der Waals surface area (Å²) >= 11 is 0. The van der Waals surface area contributed by atoms with Gasteiger partial charge in [-0.3, -0.25) is 9.78 Å². The van der Waals surface area contributed by atoms with Crippen molar-refractivity contribution >= 4 is 22.4 Å². The summed E-state index contributed by atoms with van der Waals surface area (Å²) in [6.07, 6.45) is 5.58. The van der Waals surface area contributed by atoms with Crippen LogP contribution >= 0.6 is 0 Å². The molecule has 0 bridgehead atoms. The van der Waals surface area contributed by atoms with E-state index in [1.54, 1.807) is 12.4 Å². The molecule has 1 aliphatic heterocycles. The van der Waals surface area contributed by atoms with Crippen LogP contribution in [0.1, 0.15) is 22.3 Å². The molecule has 22 heavy (non-hydrogen) atoms. The lowest BCUT2D eigenvalue weighted by Gasteiger charge is -2.29. The number of amides is 1. The lowest BCUT2D eigenvalue weighted by molar-refractivity contribution is 0.0986. The van der Waals surface area contributed by atoms with Crippen LogP contribution in [-0.2, 0) is 6.42 Å². The third-order valence-electron chi connectivity index (χ3n) is 4.27. The minimum Gasteiger partial charge on any atom is -0.308 e. The normalized spacial score (nSPS) is 13.9. The van der Waals surface area contributed by atoms with Crippen LogP contribution in [0.15, 0.2) is 60.9 Å². The van der Waals surface area contributed by atoms with Gasteiger partial charge in [0.05, 0.1) is 0 Å². The fourth-order valence-corrected chi connectivity index (χ4v) is 3.19. The number of aryl methyl sites for hydroxylation is 1. The number of rotatable bonds is 1. The van der Waals surface area contributed by atoms with E-state index in [-0.39, 0.29) is 5.91 Å². The lowest BCUT2D eigenvalue weighted by atomic mass is 9.99. The van der Waals surface area contributed by atoms with E-state index in [2.05, 4.69) is 11.1 Å². The molecule has 1 amide bonds. The number of nitrogens with zero attached hydrogens (tertiary/aromatic N) is 2. The molecule has 0 atom stereocenters. The zero-order valence-corrected chi connectivity index (χ0v) is 12.2. The average molecular weight is 288 g/mol. The smallest absolute Gasteiger partial charge is 0.258 e. The summed E-state index contributed by atoms with van der Waals surface area (Å²) in [7, 11) is 0. The van der Waals surface area contributed by atoms with Gasteiger partial charge in [0.1, 0.15) is 0 Å². The highest BCUT2D eigenvalue weighted by atomic mass is 16.2. The van der Waals surface area contributed by atoms with Crippen molar-refractivity contribution < 1.29 is 4.79 Å². The van der Waals surface area contributed by atoms with Crippen LogP contribution in [0.25, 0.3) is 10.8 Å². The quantitative estimate of drug-likeness (QED) is 0.682. The van der Waals surface area contributed by atoms with Gasteiger partial charge in [-0.1, -0.05) is 30.3 Å². The van der Waals surface area contributed by atoms with Crippen molar-refractivity contribution in [3.05, 3.63) is 72.1 Å². The maximum Gasteiger partial charge on any atom is 0.258 e. The first kappa shape index (κ1) is 13.0. The Kier molecular flexibility index (Phi) is 3.11. The summed E-state index contributed by atoms with van der Waals surface area (Å²) in [5.41, 5.74) is 3.02. The van der Waals surface area contributed by atoms with Gasteiger partial charge in [0.15, 0.2) is 0 Å². The molecule has 3 heteroatoms. The van der Waals surface area contributed by atoms with Gasteiger partial charge in [0, 0.05) is 35.6 Å². The fraction of sp³-hybridized carbons (Fsp3) is 0.158. The van der Waals surface area contributed by atoms with Crippen molar-refractivity contribution in [2.24, 2.45) is 0 Å². The SMILES string of the molecule is O=C(c1cccc2ccncc12)N1CCCc2ccccc21. The van der Waals surface area contributed by atoms with Crippen molar-refractivity contribution in [2.75, 3.05) is 11.4 Å². The maximum absolute atomic E-state index is 13.1. The molecule has 108 valence electrons. The number of hydrogen-bond acceptors (Lipinski definition) is 2. The van der Waals surface area contributed by atoms with E-state index in [9.17, 15) is 4.79 Å². The summed E-state index contributed by atoms with van der Waals surface area (Å²) in [5, 5.41) is 1.96. The number of para-hydroxylation sites is 1. The average Bonchev–Trinajstić information content (AvgIpc) is 2.60. The Hall–Kier alpha value is -2.68. The van der Waals surface area contributed by atoms with E-state index in [1.807, 2.05) is 47.4 Å². The van der Waals surface area contributed by atoms with E-state index >= 15 is 0 Å². The zero-order chi connectivity index (χ0) is 14.9. The Morgan fingerprint density at radius 3 is 2.91 bits per heavy atom. The predicted octanol–water partition coefficient (Wildman–Crippen LogP) is 3.83. The van der Waals surface area contributed by atoms with Gasteiger partial charge in [0.25, 0.3) is 5.91 Å². The topological polar surface area (TPSA) is 33.2 Å². The molecule has 0 aliphatic carbocycles. The Morgan fingerprint density at radius 1 is 1.05 bits per heavy atom. The van der Waals surface area contributed by atoms with Crippen LogP contribution in [0.3, 0.4) is 0 Å². The first-order chi connectivity index (χ1) is 10.8. The lowest BCUT2D eigenvalue weighted by Crippen LogP contribution is -2.35. The summed E-state index contributed by atoms with van der Waals surface area (Å²) < 4.78 is 0. The fourth-order valence-electron chi connectivity index (χ4n) is 3.19. The van der Waals surface area contributed by atoms with Gasteiger partial charge in [-0.15, -0.1) is 0 Å². The molecule has 3 aromatic rings. The standard InChI is InChI=1S/C19H16N2O/c22-19(16-8-3-6-14-10-11-20-13-17(14)16)21-12-4-7-15-5-1-2-9-18(15)21/h1-3,5-6,8-11,13H,4,7,12H2. The molecule has 0 radical (unpaired) electrons. The van der Waals surface area contributed by atoms with E-state index in [1.165, 1.54) is 5.56 Å². The Bertz CT molecular complexity index is 851. The number of carbonyl (C=O) groups is 1. The van der Waals surface area contributed by atoms with Crippen molar-refractivity contribution in [1.29, 1.82) is 0 Å². The summed E-state index contributed by atoms with van der Waals surface area (Å²) in [4.78, 5) is 19.2. The van der Waals surface area contributed by atoms with Gasteiger partial charge < -0.3 is 4.90 Å². The minimum atomic E-state index is 0.0609. The number of pyridine rings is 1. The second-order valence-electron chi connectivity index (χ2n) is 5.59. The summed E-state index contributed by atoms with van der Waals surface area (Å²) in [5.74, 6) is 0.0609. The van der Waals surface area contributed by atoms with Crippen LogP contribution in [-0.4, -0.2) is 17.4 Å². The van der Waals surface area contributed by atoms with Gasteiger partial charge in [0.2, 0.25) is 0 Å². The van der Waals surface area contributed by atoms with Crippen LogP contribution in [0.4, 0.5) is 5.69 Å². The Morgan fingerprint density at radius 2 is 1.95 bits per heavy atom. The molecular formula is C19H16N2O. The van der Waals surface area contributed by atoms with Crippen molar-refractivity contribution in [3.63, 3.8) is 0 Å². The van der Waals surface area contributed by atoms with E-state index in [0.717, 1.165) is 41.4 Å². The second-order valence-corrected chi connectivity index (χ2v) is 5.59. The minimum absolute atomic E-state index is 0.0609. The molecule has 0 fully saturated rings. The van der Waals surface area contributed by atoms with Crippen molar-refractivity contribution in [1.82, 2.24) is 4.98 Å². The highest BCUT2D eigenvalue weighted by Crippen LogP contribution is 2.29. The molecule has 0 N–H and O–H groups in total. The van der Waals surface area contributed by atoms with E-state index < -0.39 is 0 Å². The molecule has 0 spiro atoms. The molecule has 2 heterocycles. The first-order valence-corrected chi connectivity index (χ1v) is 7.57. The van der Waals surface area contributed by atoms with Crippen LogP contribution in [0.5, 0.6) is 0 Å². The maximum atomic E-state index is 13.1. The number of fused-ring (bicyclic) bond motifs is 2. The molecule has 0 saturated heterocycles. The van der Waals surface area contributed by atoms with Gasteiger partial charge in [-0.2, -0.15) is 0 Å². The number of hydrogen-bond donors (Lipinski definition) is 0. The predicted molar refractivity (Wildman–Crippen MR) is 88.2 cm³/mol. The van der Waals surface area contributed by atoms with E-state index in [0.29, 0.717) is 0 Å². The molecule has 3 nitrogen and oxygen atoms in total. The second kappa shape index (κ2) is 5.26. The molecule has 0 saturated carbocycles. The first-order valence-electron chi connectivity index (χ1n) is 7.57. The monoisotopic (exact) mass is 288 g/mol. The summed E-state index contributed by atoms with van der Waals surface area (Å²) in [6, 6.07) is 16.0. The number of benzene rings is 2. The number of carbonyl (C=O) groups excluding carboxylic acids is 1. The van der Waals surface area contributed by atoms with Crippen LogP contribution < -0.4 is 4.90 Å². The van der Waals surface area contributed by atoms with Gasteiger partial charge in [-0.25, -0.2) is 0 Å².